The normalized spacial score (nSPS) is 21.4. The third kappa shape index (κ3) is 3.29. The second-order valence-corrected chi connectivity index (χ2v) is 8.62. The molecule has 1 N–H and O–H groups in total. The number of sulfonamides is 1. The van der Waals surface area contributed by atoms with E-state index in [1.807, 2.05) is 0 Å². The van der Waals surface area contributed by atoms with Crippen LogP contribution in [0.1, 0.15) is 19.3 Å². The molecule has 3 rings (SSSR count). The smallest absolute Gasteiger partial charge is 0.242 e. The maximum Gasteiger partial charge on any atom is 0.242 e. The molecule has 1 saturated carbocycles. The van der Waals surface area contributed by atoms with Gasteiger partial charge in [0.25, 0.3) is 0 Å². The minimum Gasteiger partial charge on any atom is -0.353 e. The van der Waals surface area contributed by atoms with E-state index in [0.717, 1.165) is 17.1 Å². The Bertz CT molecular complexity index is 754. The molecule has 2 amide bonds. The lowest BCUT2D eigenvalue weighted by Gasteiger charge is -2.18. The van der Waals surface area contributed by atoms with Gasteiger partial charge in [-0.25, -0.2) is 12.7 Å². The number of benzene rings is 1. The monoisotopic (exact) mass is 351 g/mol. The Morgan fingerprint density at radius 1 is 1.21 bits per heavy atom. The molecule has 1 saturated heterocycles. The first-order chi connectivity index (χ1) is 11.3. The highest BCUT2D eigenvalue weighted by atomic mass is 32.2. The van der Waals surface area contributed by atoms with Crippen molar-refractivity contribution in [2.45, 2.75) is 30.2 Å². The number of nitrogens with one attached hydrogen (secondary N) is 1. The van der Waals surface area contributed by atoms with Gasteiger partial charge in [0.15, 0.2) is 0 Å². The molecule has 1 aromatic rings. The Morgan fingerprint density at radius 2 is 1.83 bits per heavy atom. The molecule has 24 heavy (non-hydrogen) atoms. The summed E-state index contributed by atoms with van der Waals surface area (Å²) in [5, 5.41) is 2.93. The molecule has 0 radical (unpaired) electrons. The summed E-state index contributed by atoms with van der Waals surface area (Å²) in [7, 11) is -0.559. The summed E-state index contributed by atoms with van der Waals surface area (Å²) in [6.07, 6.45) is 2.21. The van der Waals surface area contributed by atoms with Crippen LogP contribution in [0.25, 0.3) is 0 Å². The zero-order chi connectivity index (χ0) is 17.5. The molecule has 8 heteroatoms. The summed E-state index contributed by atoms with van der Waals surface area (Å²) in [6.45, 7) is 0.331. The lowest BCUT2D eigenvalue weighted by Crippen LogP contribution is -2.34. The summed E-state index contributed by atoms with van der Waals surface area (Å²) in [5.74, 6) is -0.530. The highest BCUT2D eigenvalue weighted by molar-refractivity contribution is 7.89. The maximum atomic E-state index is 12.2. The highest BCUT2D eigenvalue weighted by Gasteiger charge is 2.37. The van der Waals surface area contributed by atoms with Crippen LogP contribution in [0, 0.1) is 5.92 Å². The van der Waals surface area contributed by atoms with Crippen LogP contribution in [0.5, 0.6) is 0 Å². The van der Waals surface area contributed by atoms with Crippen LogP contribution >= 0.6 is 0 Å². The summed E-state index contributed by atoms with van der Waals surface area (Å²) < 4.78 is 25.3. The number of nitrogens with zero attached hydrogens (tertiary/aromatic N) is 2. The van der Waals surface area contributed by atoms with Crippen molar-refractivity contribution >= 4 is 27.5 Å². The fourth-order valence-corrected chi connectivity index (χ4v) is 3.59. The van der Waals surface area contributed by atoms with Crippen LogP contribution in [0.15, 0.2) is 29.2 Å². The van der Waals surface area contributed by atoms with Crippen molar-refractivity contribution in [2.75, 3.05) is 25.5 Å². The van der Waals surface area contributed by atoms with Gasteiger partial charge in [0.05, 0.1) is 10.8 Å². The van der Waals surface area contributed by atoms with Crippen LogP contribution in [-0.4, -0.2) is 51.2 Å². The standard InChI is InChI=1S/C16H21N3O4S/c1-18(2)24(22,23)14-7-5-13(6-8-14)19-10-11(9-15(19)20)16(21)17-12-3-4-12/h5-8,11-12H,3-4,9-10H2,1-2H3,(H,17,21)/t11-/m0/s1. The van der Waals surface area contributed by atoms with E-state index in [9.17, 15) is 18.0 Å². The molecule has 0 bridgehead atoms. The third-order valence-electron chi connectivity index (χ3n) is 4.35. The Labute approximate surface area is 141 Å². The van der Waals surface area contributed by atoms with Crippen LogP contribution in [0.3, 0.4) is 0 Å². The van der Waals surface area contributed by atoms with Crippen molar-refractivity contribution < 1.29 is 18.0 Å². The number of hydrogen-bond acceptors (Lipinski definition) is 4. The van der Waals surface area contributed by atoms with Crippen molar-refractivity contribution in [3.63, 3.8) is 0 Å². The molecular formula is C16H21N3O4S. The Balaban J connectivity index is 1.72. The summed E-state index contributed by atoms with van der Waals surface area (Å²) in [6, 6.07) is 6.45. The maximum absolute atomic E-state index is 12.2. The molecule has 0 unspecified atom stereocenters. The second-order valence-electron chi connectivity index (χ2n) is 6.47. The molecule has 2 aliphatic rings. The van der Waals surface area contributed by atoms with Crippen molar-refractivity contribution in [3.05, 3.63) is 24.3 Å². The Hall–Kier alpha value is -1.93. The first-order valence-corrected chi connectivity index (χ1v) is 9.36. The Kier molecular flexibility index (Phi) is 4.35. The van der Waals surface area contributed by atoms with Crippen LogP contribution in [-0.2, 0) is 19.6 Å². The van der Waals surface area contributed by atoms with Gasteiger partial charge < -0.3 is 10.2 Å². The fourth-order valence-electron chi connectivity index (χ4n) is 2.69. The molecule has 0 aromatic heterocycles. The molecule has 1 heterocycles. The van der Waals surface area contributed by atoms with E-state index >= 15 is 0 Å². The number of carbonyl (C=O) groups excluding carboxylic acids is 2. The topological polar surface area (TPSA) is 86.8 Å². The predicted octanol–water partition coefficient (Wildman–Crippen LogP) is 0.568. The molecule has 1 aliphatic heterocycles. The average molecular weight is 351 g/mol. The molecule has 130 valence electrons. The number of anilines is 1. The summed E-state index contributed by atoms with van der Waals surface area (Å²) in [5.41, 5.74) is 0.611. The van der Waals surface area contributed by atoms with Crippen molar-refractivity contribution in [1.29, 1.82) is 0 Å². The van der Waals surface area contributed by atoms with Gasteiger partial charge in [0, 0.05) is 38.8 Å². The predicted molar refractivity (Wildman–Crippen MR) is 88.9 cm³/mol. The Morgan fingerprint density at radius 3 is 2.38 bits per heavy atom. The van der Waals surface area contributed by atoms with Crippen molar-refractivity contribution in [3.8, 4) is 0 Å². The van der Waals surface area contributed by atoms with E-state index in [2.05, 4.69) is 5.32 Å². The number of amides is 2. The van der Waals surface area contributed by atoms with Gasteiger partial charge in [-0.15, -0.1) is 0 Å². The van der Waals surface area contributed by atoms with Gasteiger partial charge in [0.2, 0.25) is 21.8 Å². The lowest BCUT2D eigenvalue weighted by atomic mass is 10.1. The fraction of sp³-hybridized carbons (Fsp3) is 0.500. The largest absolute Gasteiger partial charge is 0.353 e. The summed E-state index contributed by atoms with van der Waals surface area (Å²) in [4.78, 5) is 26.0. The minimum atomic E-state index is -3.50. The molecule has 2 fully saturated rings. The zero-order valence-corrected chi connectivity index (χ0v) is 14.5. The second kappa shape index (κ2) is 6.18. The van der Waals surface area contributed by atoms with Gasteiger partial charge in [-0.05, 0) is 37.1 Å². The van der Waals surface area contributed by atoms with E-state index in [1.54, 1.807) is 17.0 Å². The number of rotatable bonds is 5. The van der Waals surface area contributed by atoms with Crippen molar-refractivity contribution in [1.82, 2.24) is 9.62 Å². The molecule has 0 spiro atoms. The first kappa shape index (κ1) is 16.9. The SMILES string of the molecule is CN(C)S(=O)(=O)c1ccc(N2C[C@@H](C(=O)NC3CC3)CC2=O)cc1. The van der Waals surface area contributed by atoms with Gasteiger partial charge in [-0.1, -0.05) is 0 Å². The molecule has 1 aliphatic carbocycles. The van der Waals surface area contributed by atoms with E-state index in [4.69, 9.17) is 0 Å². The van der Waals surface area contributed by atoms with E-state index in [0.29, 0.717) is 12.2 Å². The van der Waals surface area contributed by atoms with E-state index in [-0.39, 0.29) is 35.1 Å². The van der Waals surface area contributed by atoms with Gasteiger partial charge in [-0.2, -0.15) is 0 Å². The molecule has 1 atom stereocenters. The number of hydrogen-bond donors (Lipinski definition) is 1. The van der Waals surface area contributed by atoms with Crippen molar-refractivity contribution in [2.24, 2.45) is 5.92 Å². The average Bonchev–Trinajstić information content (AvgIpc) is 3.26. The molecule has 7 nitrogen and oxygen atoms in total. The van der Waals surface area contributed by atoms with Gasteiger partial charge in [0.1, 0.15) is 0 Å². The third-order valence-corrected chi connectivity index (χ3v) is 6.18. The lowest BCUT2D eigenvalue weighted by molar-refractivity contribution is -0.126. The minimum absolute atomic E-state index is 0.0693. The highest BCUT2D eigenvalue weighted by Crippen LogP contribution is 2.28. The first-order valence-electron chi connectivity index (χ1n) is 7.92. The van der Waals surface area contributed by atoms with Crippen LogP contribution in [0.2, 0.25) is 0 Å². The quantitative estimate of drug-likeness (QED) is 0.840. The van der Waals surface area contributed by atoms with E-state index < -0.39 is 10.0 Å². The van der Waals surface area contributed by atoms with Crippen LogP contribution in [0.4, 0.5) is 5.69 Å². The zero-order valence-electron chi connectivity index (χ0n) is 13.7. The number of carbonyl (C=O) groups is 2. The summed E-state index contributed by atoms with van der Waals surface area (Å²) >= 11 is 0. The van der Waals surface area contributed by atoms with Crippen LogP contribution < -0.4 is 10.2 Å². The van der Waals surface area contributed by atoms with Gasteiger partial charge >= 0.3 is 0 Å². The molecule has 1 aromatic carbocycles. The van der Waals surface area contributed by atoms with Gasteiger partial charge in [-0.3, -0.25) is 9.59 Å². The molecular weight excluding hydrogens is 330 g/mol. The van der Waals surface area contributed by atoms with E-state index in [1.165, 1.54) is 26.2 Å².